The van der Waals surface area contributed by atoms with E-state index < -0.39 is 16.1 Å². The fourth-order valence-electron chi connectivity index (χ4n) is 3.44. The smallest absolute Gasteiger partial charge is 0.281 e. The summed E-state index contributed by atoms with van der Waals surface area (Å²) in [4.78, 5) is 31.2. The van der Waals surface area contributed by atoms with Gasteiger partial charge in [0.2, 0.25) is 0 Å². The van der Waals surface area contributed by atoms with E-state index in [0.717, 1.165) is 10.6 Å². The molecular weight excluding hydrogens is 448 g/mol. The Bertz CT molecular complexity index is 1270. The molecule has 1 aromatic heterocycles. The monoisotopic (exact) mass is 470 g/mol. The molecule has 32 heavy (non-hydrogen) atoms. The molecule has 1 aliphatic rings. The van der Waals surface area contributed by atoms with Gasteiger partial charge in [0.1, 0.15) is 0 Å². The lowest BCUT2D eigenvalue weighted by molar-refractivity contribution is 0.0996. The van der Waals surface area contributed by atoms with Gasteiger partial charge in [0.05, 0.1) is 17.8 Å². The van der Waals surface area contributed by atoms with Gasteiger partial charge in [-0.1, -0.05) is 48.5 Å². The minimum Gasteiger partial charge on any atom is -0.298 e. The molecule has 0 saturated heterocycles. The molecule has 0 bridgehead atoms. The third-order valence-electron chi connectivity index (χ3n) is 5.16. The zero-order chi connectivity index (χ0) is 22.9. The summed E-state index contributed by atoms with van der Waals surface area (Å²) in [5, 5.41) is 3.16. The van der Waals surface area contributed by atoms with Crippen molar-refractivity contribution in [2.24, 2.45) is 0 Å². The topological polar surface area (TPSA) is 99.7 Å². The molecular formula is C22H22N4O4S2. The van der Waals surface area contributed by atoms with Gasteiger partial charge in [-0.2, -0.15) is 17.0 Å². The number of aromatic nitrogens is 1. The number of hydrogen-bond acceptors (Lipinski definition) is 6. The molecule has 0 saturated carbocycles. The fourth-order valence-corrected chi connectivity index (χ4v) is 5.62. The highest BCUT2D eigenvalue weighted by Crippen LogP contribution is 2.30. The summed E-state index contributed by atoms with van der Waals surface area (Å²) >= 11 is 1.25. The molecule has 0 fully saturated rings. The average molecular weight is 471 g/mol. The minimum atomic E-state index is -3.52. The van der Waals surface area contributed by atoms with Gasteiger partial charge in [-0.3, -0.25) is 14.9 Å². The molecule has 2 aromatic carbocycles. The molecule has 3 aromatic rings. The number of nitrogens with zero attached hydrogens (tertiary/aromatic N) is 3. The summed E-state index contributed by atoms with van der Waals surface area (Å²) in [6.45, 7) is 0.547. The normalized spacial score (nSPS) is 14.2. The molecule has 4 rings (SSSR count). The highest BCUT2D eigenvalue weighted by Gasteiger charge is 2.31. The van der Waals surface area contributed by atoms with Crippen molar-refractivity contribution in [1.82, 2.24) is 13.6 Å². The van der Waals surface area contributed by atoms with Crippen LogP contribution < -0.4 is 5.32 Å². The third-order valence-corrected chi connectivity index (χ3v) is 8.04. The van der Waals surface area contributed by atoms with E-state index in [0.29, 0.717) is 29.2 Å². The quantitative estimate of drug-likeness (QED) is 0.559. The number of nitrogens with one attached hydrogen (secondary N) is 1. The largest absolute Gasteiger partial charge is 0.298 e. The van der Waals surface area contributed by atoms with E-state index in [2.05, 4.69) is 10.3 Å². The molecule has 0 unspecified atom stereocenters. The van der Waals surface area contributed by atoms with Gasteiger partial charge < -0.3 is 0 Å². The van der Waals surface area contributed by atoms with Crippen LogP contribution in [0.25, 0.3) is 0 Å². The third kappa shape index (κ3) is 4.35. The molecule has 1 N–H and O–H groups in total. The van der Waals surface area contributed by atoms with Crippen molar-refractivity contribution in [3.8, 4) is 0 Å². The Hall–Kier alpha value is -2.92. The first kappa shape index (κ1) is 22.3. The van der Waals surface area contributed by atoms with Crippen LogP contribution in [0.3, 0.4) is 0 Å². The van der Waals surface area contributed by atoms with Crippen molar-refractivity contribution in [3.05, 3.63) is 81.9 Å². The molecule has 2 heterocycles. The maximum absolute atomic E-state index is 13.0. The number of benzene rings is 2. The molecule has 0 atom stereocenters. The van der Waals surface area contributed by atoms with Crippen LogP contribution in [0.1, 0.15) is 36.9 Å². The van der Waals surface area contributed by atoms with E-state index in [1.54, 1.807) is 48.5 Å². The number of amides is 1. The maximum atomic E-state index is 13.0. The molecule has 166 valence electrons. The molecule has 8 nitrogen and oxygen atoms in total. The van der Waals surface area contributed by atoms with Crippen LogP contribution in [-0.4, -0.2) is 54.3 Å². The molecule has 1 aliphatic heterocycles. The van der Waals surface area contributed by atoms with Gasteiger partial charge in [0, 0.05) is 43.1 Å². The summed E-state index contributed by atoms with van der Waals surface area (Å²) in [5.41, 5.74) is 1.84. The Labute approximate surface area is 190 Å². The first-order valence-corrected chi connectivity index (χ1v) is 12.1. The van der Waals surface area contributed by atoms with Crippen molar-refractivity contribution in [2.45, 2.75) is 13.0 Å². The predicted octanol–water partition coefficient (Wildman–Crippen LogP) is 2.79. The number of anilines is 1. The minimum absolute atomic E-state index is 0.215. The van der Waals surface area contributed by atoms with E-state index >= 15 is 0 Å². The zero-order valence-corrected chi connectivity index (χ0v) is 19.2. The van der Waals surface area contributed by atoms with Crippen LogP contribution in [0.2, 0.25) is 0 Å². The standard InChI is InChI=1S/C22H22N4O4S2/c1-25(2)32(29,30)26-13-12-18-19(14-26)31-22(23-18)24-21(28)17-11-7-6-10-16(17)20(27)15-8-4-3-5-9-15/h3-11H,12-14H2,1-2H3,(H,23,24,28). The van der Waals surface area contributed by atoms with Crippen LogP contribution in [0.4, 0.5) is 5.13 Å². The molecule has 0 aliphatic carbocycles. The number of thiazole rings is 1. The van der Waals surface area contributed by atoms with E-state index in [-0.39, 0.29) is 17.9 Å². The highest BCUT2D eigenvalue weighted by atomic mass is 32.2. The lowest BCUT2D eigenvalue weighted by atomic mass is 9.98. The number of fused-ring (bicyclic) bond motifs is 1. The SMILES string of the molecule is CN(C)S(=O)(=O)N1CCc2nc(NC(=O)c3ccccc3C(=O)c3ccccc3)sc2C1. The molecule has 0 spiro atoms. The van der Waals surface area contributed by atoms with Gasteiger partial charge in [0.15, 0.2) is 10.9 Å². The second-order valence-corrected chi connectivity index (χ2v) is 10.7. The first-order valence-electron chi connectivity index (χ1n) is 9.93. The van der Waals surface area contributed by atoms with E-state index in [1.807, 2.05) is 6.07 Å². The van der Waals surface area contributed by atoms with Crippen LogP contribution in [0.5, 0.6) is 0 Å². The lowest BCUT2D eigenvalue weighted by Gasteiger charge is -2.27. The highest BCUT2D eigenvalue weighted by molar-refractivity contribution is 7.86. The Morgan fingerprint density at radius 2 is 1.69 bits per heavy atom. The Morgan fingerprint density at radius 3 is 2.38 bits per heavy atom. The summed E-state index contributed by atoms with van der Waals surface area (Å²) in [7, 11) is -0.525. The Kier molecular flexibility index (Phi) is 6.20. The summed E-state index contributed by atoms with van der Waals surface area (Å²) in [6, 6.07) is 15.4. The van der Waals surface area contributed by atoms with Gasteiger partial charge >= 0.3 is 0 Å². The molecule has 10 heteroatoms. The van der Waals surface area contributed by atoms with Crippen molar-refractivity contribution in [2.75, 3.05) is 26.0 Å². The molecule has 1 amide bonds. The van der Waals surface area contributed by atoms with Crippen LogP contribution >= 0.6 is 11.3 Å². The number of carbonyl (C=O) groups excluding carboxylic acids is 2. The van der Waals surface area contributed by atoms with Gasteiger partial charge in [0.25, 0.3) is 16.1 Å². The molecule has 0 radical (unpaired) electrons. The summed E-state index contributed by atoms with van der Waals surface area (Å²) in [6.07, 6.45) is 0.470. The predicted molar refractivity (Wildman–Crippen MR) is 123 cm³/mol. The second-order valence-electron chi connectivity index (χ2n) is 7.46. The van der Waals surface area contributed by atoms with E-state index in [9.17, 15) is 18.0 Å². The van der Waals surface area contributed by atoms with Crippen LogP contribution in [0, 0.1) is 0 Å². The van der Waals surface area contributed by atoms with Gasteiger partial charge in [-0.15, -0.1) is 11.3 Å². The van der Waals surface area contributed by atoms with Crippen molar-refractivity contribution < 1.29 is 18.0 Å². The van der Waals surface area contributed by atoms with Gasteiger partial charge in [-0.05, 0) is 6.07 Å². The van der Waals surface area contributed by atoms with E-state index in [1.165, 1.54) is 34.0 Å². The average Bonchev–Trinajstić information content (AvgIpc) is 3.20. The van der Waals surface area contributed by atoms with Crippen LogP contribution in [0.15, 0.2) is 54.6 Å². The Balaban J connectivity index is 1.55. The number of carbonyl (C=O) groups is 2. The van der Waals surface area contributed by atoms with Crippen molar-refractivity contribution in [1.29, 1.82) is 0 Å². The maximum Gasteiger partial charge on any atom is 0.281 e. The summed E-state index contributed by atoms with van der Waals surface area (Å²) in [5.74, 6) is -0.673. The van der Waals surface area contributed by atoms with E-state index in [4.69, 9.17) is 0 Å². The van der Waals surface area contributed by atoms with Crippen molar-refractivity contribution in [3.63, 3.8) is 0 Å². The number of hydrogen-bond donors (Lipinski definition) is 1. The van der Waals surface area contributed by atoms with Crippen LogP contribution in [-0.2, 0) is 23.2 Å². The van der Waals surface area contributed by atoms with Gasteiger partial charge in [-0.25, -0.2) is 4.98 Å². The second kappa shape index (κ2) is 8.91. The lowest BCUT2D eigenvalue weighted by Crippen LogP contribution is -2.42. The number of ketones is 1. The fraction of sp³-hybridized carbons (Fsp3) is 0.227. The first-order chi connectivity index (χ1) is 15.3. The van der Waals surface area contributed by atoms with Crippen molar-refractivity contribution >= 4 is 38.4 Å². The Morgan fingerprint density at radius 1 is 1.03 bits per heavy atom. The zero-order valence-electron chi connectivity index (χ0n) is 17.6. The summed E-state index contributed by atoms with van der Waals surface area (Å²) < 4.78 is 27.4. The number of rotatable bonds is 6.